The van der Waals surface area contributed by atoms with Crippen LogP contribution < -0.4 is 4.90 Å². The summed E-state index contributed by atoms with van der Waals surface area (Å²) in [7, 11) is 0. The Morgan fingerprint density at radius 2 is 1.63 bits per heavy atom. The molecule has 0 atom stereocenters. The van der Waals surface area contributed by atoms with Gasteiger partial charge >= 0.3 is 0 Å². The number of amides is 2. The molecule has 0 saturated heterocycles. The monoisotopic (exact) mass is 317 g/mol. The lowest BCUT2D eigenvalue weighted by molar-refractivity contribution is 0.0923. The van der Waals surface area contributed by atoms with Crippen molar-refractivity contribution in [2.45, 2.75) is 6.92 Å². The maximum atomic E-state index is 12.2. The van der Waals surface area contributed by atoms with Gasteiger partial charge in [-0.2, -0.15) is 0 Å². The molecule has 0 spiro atoms. The Labute approximate surface area is 117 Å². The van der Waals surface area contributed by atoms with Crippen LogP contribution in [0.2, 0.25) is 0 Å². The SMILES string of the molecule is Cc1cc(N2C(=O)c3nccnc3C2=O)ccc1Br. The molecular weight excluding hydrogens is 310 g/mol. The Hall–Kier alpha value is -2.08. The van der Waals surface area contributed by atoms with Crippen LogP contribution in [0.25, 0.3) is 0 Å². The van der Waals surface area contributed by atoms with Crippen molar-refractivity contribution in [2.24, 2.45) is 0 Å². The smallest absolute Gasteiger partial charge is 0.266 e. The summed E-state index contributed by atoms with van der Waals surface area (Å²) >= 11 is 3.38. The predicted molar refractivity (Wildman–Crippen MR) is 72.1 cm³/mol. The third-order valence-corrected chi connectivity index (χ3v) is 3.80. The lowest BCUT2D eigenvalue weighted by atomic mass is 10.2. The molecule has 2 heterocycles. The van der Waals surface area contributed by atoms with E-state index in [1.807, 2.05) is 6.92 Å². The number of anilines is 1. The number of aryl methyl sites for hydroxylation is 1. The van der Waals surface area contributed by atoms with E-state index in [1.54, 1.807) is 18.2 Å². The van der Waals surface area contributed by atoms with E-state index < -0.39 is 11.8 Å². The molecule has 0 aliphatic carbocycles. The average Bonchev–Trinajstić information content (AvgIpc) is 2.66. The van der Waals surface area contributed by atoms with E-state index in [4.69, 9.17) is 0 Å². The Morgan fingerprint density at radius 3 is 2.16 bits per heavy atom. The summed E-state index contributed by atoms with van der Waals surface area (Å²) in [6.45, 7) is 1.89. The van der Waals surface area contributed by atoms with Crippen molar-refractivity contribution >= 4 is 33.4 Å². The van der Waals surface area contributed by atoms with E-state index in [2.05, 4.69) is 25.9 Å². The fourth-order valence-corrected chi connectivity index (χ4v) is 2.20. The maximum Gasteiger partial charge on any atom is 0.286 e. The lowest BCUT2D eigenvalue weighted by Gasteiger charge is -2.14. The Kier molecular flexibility index (Phi) is 2.67. The van der Waals surface area contributed by atoms with Gasteiger partial charge in [0.2, 0.25) is 0 Å². The van der Waals surface area contributed by atoms with Crippen LogP contribution in [0.3, 0.4) is 0 Å². The molecule has 0 saturated carbocycles. The van der Waals surface area contributed by atoms with Crippen LogP contribution in [-0.4, -0.2) is 21.8 Å². The van der Waals surface area contributed by atoms with E-state index in [0.29, 0.717) is 5.69 Å². The molecule has 1 aliphatic heterocycles. The summed E-state index contributed by atoms with van der Waals surface area (Å²) < 4.78 is 0.920. The minimum atomic E-state index is -0.435. The molecule has 0 fully saturated rings. The van der Waals surface area contributed by atoms with E-state index in [0.717, 1.165) is 14.9 Å². The third-order valence-electron chi connectivity index (χ3n) is 2.91. The van der Waals surface area contributed by atoms with Gasteiger partial charge in [-0.15, -0.1) is 0 Å². The maximum absolute atomic E-state index is 12.2. The highest BCUT2D eigenvalue weighted by Crippen LogP contribution is 2.28. The highest BCUT2D eigenvalue weighted by molar-refractivity contribution is 9.10. The molecule has 5 nitrogen and oxygen atoms in total. The Bertz CT molecular complexity index is 680. The number of halogens is 1. The van der Waals surface area contributed by atoms with Gasteiger partial charge in [-0.05, 0) is 30.7 Å². The van der Waals surface area contributed by atoms with Crippen LogP contribution in [0.1, 0.15) is 26.5 Å². The number of aromatic nitrogens is 2. The zero-order valence-corrected chi connectivity index (χ0v) is 11.5. The normalized spacial score (nSPS) is 13.9. The van der Waals surface area contributed by atoms with Crippen LogP contribution >= 0.6 is 15.9 Å². The first-order chi connectivity index (χ1) is 9.09. The van der Waals surface area contributed by atoms with Crippen molar-refractivity contribution in [3.63, 3.8) is 0 Å². The number of hydrogen-bond donors (Lipinski definition) is 0. The molecule has 0 unspecified atom stereocenters. The van der Waals surface area contributed by atoms with Gasteiger partial charge in [-0.1, -0.05) is 15.9 Å². The number of rotatable bonds is 1. The average molecular weight is 318 g/mol. The number of carbonyl (C=O) groups is 2. The summed E-state index contributed by atoms with van der Waals surface area (Å²) in [5.74, 6) is -0.871. The molecule has 2 amide bonds. The number of benzene rings is 1. The molecule has 2 aromatic rings. The standard InChI is InChI=1S/C13H8BrN3O2/c1-7-6-8(2-3-9(7)14)17-12(18)10-11(13(17)19)16-5-4-15-10/h2-6H,1H3. The van der Waals surface area contributed by atoms with E-state index in [9.17, 15) is 9.59 Å². The zero-order valence-electron chi connectivity index (χ0n) is 9.92. The summed E-state index contributed by atoms with van der Waals surface area (Å²) in [4.78, 5) is 33.3. The topological polar surface area (TPSA) is 63.2 Å². The second kappa shape index (κ2) is 4.24. The van der Waals surface area contributed by atoms with Crippen LogP contribution in [0.5, 0.6) is 0 Å². The number of imide groups is 1. The number of carbonyl (C=O) groups excluding carboxylic acids is 2. The molecule has 1 aromatic carbocycles. The van der Waals surface area contributed by atoms with Gasteiger partial charge in [0.1, 0.15) is 0 Å². The van der Waals surface area contributed by atoms with Gasteiger partial charge in [0.05, 0.1) is 5.69 Å². The summed E-state index contributed by atoms with van der Waals surface area (Å²) in [6.07, 6.45) is 2.81. The first-order valence-corrected chi connectivity index (χ1v) is 6.35. The van der Waals surface area contributed by atoms with Gasteiger partial charge < -0.3 is 0 Å². The van der Waals surface area contributed by atoms with Crippen molar-refractivity contribution in [3.8, 4) is 0 Å². The Morgan fingerprint density at radius 1 is 1.05 bits per heavy atom. The zero-order chi connectivity index (χ0) is 13.6. The molecule has 6 heteroatoms. The molecule has 1 aromatic heterocycles. The van der Waals surface area contributed by atoms with Crippen LogP contribution in [0, 0.1) is 6.92 Å². The van der Waals surface area contributed by atoms with Crippen LogP contribution in [0.15, 0.2) is 35.1 Å². The van der Waals surface area contributed by atoms with E-state index in [-0.39, 0.29) is 11.4 Å². The fraction of sp³-hybridized carbons (Fsp3) is 0.0769. The fourth-order valence-electron chi connectivity index (χ4n) is 1.96. The molecule has 1 aliphatic rings. The lowest BCUT2D eigenvalue weighted by Crippen LogP contribution is -2.29. The number of fused-ring (bicyclic) bond motifs is 1. The predicted octanol–water partition coefficient (Wildman–Crippen LogP) is 2.35. The van der Waals surface area contributed by atoms with Crippen LogP contribution in [0.4, 0.5) is 5.69 Å². The largest absolute Gasteiger partial charge is 0.286 e. The molecule has 0 radical (unpaired) electrons. The molecular formula is C13H8BrN3O2. The minimum Gasteiger partial charge on any atom is -0.266 e. The first-order valence-electron chi connectivity index (χ1n) is 5.55. The second-order valence-electron chi connectivity index (χ2n) is 4.13. The molecule has 19 heavy (non-hydrogen) atoms. The van der Waals surface area contributed by atoms with E-state index >= 15 is 0 Å². The van der Waals surface area contributed by atoms with Crippen molar-refractivity contribution in [1.82, 2.24) is 9.97 Å². The van der Waals surface area contributed by atoms with E-state index in [1.165, 1.54) is 12.4 Å². The van der Waals surface area contributed by atoms with Crippen molar-refractivity contribution < 1.29 is 9.59 Å². The quantitative estimate of drug-likeness (QED) is 0.757. The number of nitrogens with zero attached hydrogens (tertiary/aromatic N) is 3. The molecule has 0 N–H and O–H groups in total. The molecule has 3 rings (SSSR count). The van der Waals surface area contributed by atoms with Crippen molar-refractivity contribution in [2.75, 3.05) is 4.90 Å². The van der Waals surface area contributed by atoms with Gasteiger partial charge in [-0.25, -0.2) is 14.9 Å². The van der Waals surface area contributed by atoms with Gasteiger partial charge in [-0.3, -0.25) is 9.59 Å². The second-order valence-corrected chi connectivity index (χ2v) is 4.99. The van der Waals surface area contributed by atoms with Crippen molar-refractivity contribution in [1.29, 1.82) is 0 Å². The molecule has 94 valence electrons. The van der Waals surface area contributed by atoms with Crippen molar-refractivity contribution in [3.05, 3.63) is 52.0 Å². The highest BCUT2D eigenvalue weighted by Gasteiger charge is 2.39. The summed E-state index contributed by atoms with van der Waals surface area (Å²) in [5.41, 5.74) is 1.67. The summed E-state index contributed by atoms with van der Waals surface area (Å²) in [6, 6.07) is 5.28. The third kappa shape index (κ3) is 1.76. The molecule has 0 bridgehead atoms. The van der Waals surface area contributed by atoms with Gasteiger partial charge in [0.15, 0.2) is 11.4 Å². The van der Waals surface area contributed by atoms with Gasteiger partial charge in [0.25, 0.3) is 11.8 Å². The minimum absolute atomic E-state index is 0.105. The van der Waals surface area contributed by atoms with Gasteiger partial charge in [0, 0.05) is 16.9 Å². The number of hydrogen-bond acceptors (Lipinski definition) is 4. The summed E-state index contributed by atoms with van der Waals surface area (Å²) in [5, 5.41) is 0. The first kappa shape index (κ1) is 12.0. The van der Waals surface area contributed by atoms with Crippen LogP contribution in [-0.2, 0) is 0 Å². The Balaban J connectivity index is 2.11. The highest BCUT2D eigenvalue weighted by atomic mass is 79.9.